The molecule has 0 spiro atoms. The molecule has 5 nitrogen and oxygen atoms in total. The van der Waals surface area contributed by atoms with E-state index < -0.39 is 0 Å². The zero-order valence-electron chi connectivity index (χ0n) is 15.9. The molecule has 1 aromatic heterocycles. The lowest BCUT2D eigenvalue weighted by atomic mass is 10.2. The molecule has 0 aliphatic carbocycles. The van der Waals surface area contributed by atoms with E-state index in [4.69, 9.17) is 4.42 Å². The second kappa shape index (κ2) is 12.5. The molecule has 0 aliphatic heterocycles. The molecule has 1 N–H and O–H groups in total. The molecule has 27 heavy (non-hydrogen) atoms. The minimum absolute atomic E-state index is 0. The normalized spacial score (nSPS) is 11.0. The van der Waals surface area contributed by atoms with Gasteiger partial charge in [0.05, 0.1) is 5.69 Å². The first-order valence-corrected chi connectivity index (χ1v) is 8.94. The Morgan fingerprint density at radius 1 is 1.37 bits per heavy atom. The van der Waals surface area contributed by atoms with Gasteiger partial charge in [0, 0.05) is 38.7 Å². The predicted octanol–water partition coefficient (Wildman–Crippen LogP) is 4.50. The van der Waals surface area contributed by atoms with Crippen LogP contribution < -0.4 is 5.32 Å². The predicted molar refractivity (Wildman–Crippen MR) is 119 cm³/mol. The fourth-order valence-corrected chi connectivity index (χ4v) is 2.47. The lowest BCUT2D eigenvalue weighted by molar-refractivity contribution is 0.470. The SMILES string of the molecule is C=CCCCN(C)C(=NCCc1coc(-c2ccc(F)cc2)n1)NCC.I. The number of hydrogen-bond acceptors (Lipinski definition) is 3. The smallest absolute Gasteiger partial charge is 0.226 e. The van der Waals surface area contributed by atoms with E-state index >= 15 is 0 Å². The van der Waals surface area contributed by atoms with Crippen molar-refractivity contribution in [3.63, 3.8) is 0 Å². The van der Waals surface area contributed by atoms with Gasteiger partial charge in [0.15, 0.2) is 5.96 Å². The highest BCUT2D eigenvalue weighted by atomic mass is 127. The van der Waals surface area contributed by atoms with Gasteiger partial charge in [-0.15, -0.1) is 30.6 Å². The van der Waals surface area contributed by atoms with Crippen molar-refractivity contribution in [1.29, 1.82) is 0 Å². The summed E-state index contributed by atoms with van der Waals surface area (Å²) >= 11 is 0. The molecular weight excluding hydrogens is 458 g/mol. The first-order valence-electron chi connectivity index (χ1n) is 8.94. The summed E-state index contributed by atoms with van der Waals surface area (Å²) in [6.45, 7) is 8.17. The Balaban J connectivity index is 0.00000364. The fraction of sp³-hybridized carbons (Fsp3) is 0.400. The number of unbranched alkanes of at least 4 members (excludes halogenated alkanes) is 1. The number of hydrogen-bond donors (Lipinski definition) is 1. The standard InChI is InChI=1S/C20H27FN4O.HI/c1-4-6-7-14-25(3)20(22-5-2)23-13-12-18-15-26-19(24-18)16-8-10-17(21)11-9-16;/h4,8-11,15H,1,5-7,12-14H2,2-3H3,(H,22,23);1H. The molecule has 0 radical (unpaired) electrons. The van der Waals surface area contributed by atoms with Crippen LogP contribution in [0.4, 0.5) is 4.39 Å². The number of oxazole rings is 1. The summed E-state index contributed by atoms with van der Waals surface area (Å²) in [6, 6.07) is 6.11. The molecule has 1 aromatic carbocycles. The van der Waals surface area contributed by atoms with Crippen LogP contribution in [0.5, 0.6) is 0 Å². The Bertz CT molecular complexity index is 715. The maximum absolute atomic E-state index is 13.0. The van der Waals surface area contributed by atoms with E-state index in [2.05, 4.69) is 33.7 Å². The number of nitrogens with one attached hydrogen (secondary N) is 1. The van der Waals surface area contributed by atoms with Gasteiger partial charge in [0.2, 0.25) is 5.89 Å². The summed E-state index contributed by atoms with van der Waals surface area (Å²) in [4.78, 5) is 11.2. The molecule has 148 valence electrons. The first kappa shape index (κ1) is 23.1. The van der Waals surface area contributed by atoms with E-state index in [0.717, 1.165) is 43.1 Å². The zero-order valence-corrected chi connectivity index (χ0v) is 18.3. The van der Waals surface area contributed by atoms with E-state index in [1.165, 1.54) is 12.1 Å². The van der Waals surface area contributed by atoms with Gasteiger partial charge < -0.3 is 14.6 Å². The second-order valence-electron chi connectivity index (χ2n) is 5.99. The van der Waals surface area contributed by atoms with Crippen LogP contribution in [0.2, 0.25) is 0 Å². The molecule has 1 heterocycles. The quantitative estimate of drug-likeness (QED) is 0.187. The van der Waals surface area contributed by atoms with Crippen molar-refractivity contribution in [3.05, 3.63) is 54.7 Å². The highest BCUT2D eigenvalue weighted by molar-refractivity contribution is 14.0. The molecule has 0 bridgehead atoms. The van der Waals surface area contributed by atoms with E-state index in [1.807, 2.05) is 13.1 Å². The van der Waals surface area contributed by atoms with Gasteiger partial charge in [0.1, 0.15) is 12.1 Å². The summed E-state index contributed by atoms with van der Waals surface area (Å²) in [5, 5.41) is 3.30. The minimum Gasteiger partial charge on any atom is -0.444 e. The van der Waals surface area contributed by atoms with Gasteiger partial charge >= 0.3 is 0 Å². The monoisotopic (exact) mass is 486 g/mol. The van der Waals surface area contributed by atoms with Crippen LogP contribution in [-0.2, 0) is 6.42 Å². The third-order valence-corrected chi connectivity index (χ3v) is 3.87. The van der Waals surface area contributed by atoms with Crippen LogP contribution in [0, 0.1) is 5.82 Å². The Labute approximate surface area is 177 Å². The summed E-state index contributed by atoms with van der Waals surface area (Å²) < 4.78 is 18.5. The Hall–Kier alpha value is -1.90. The van der Waals surface area contributed by atoms with E-state index in [-0.39, 0.29) is 29.8 Å². The summed E-state index contributed by atoms with van der Waals surface area (Å²) in [5.74, 6) is 1.11. The number of guanidine groups is 1. The van der Waals surface area contributed by atoms with Gasteiger partial charge in [-0.1, -0.05) is 6.08 Å². The maximum atomic E-state index is 13.0. The Morgan fingerprint density at radius 3 is 2.78 bits per heavy atom. The van der Waals surface area contributed by atoms with Gasteiger partial charge in [-0.2, -0.15) is 0 Å². The molecule has 0 atom stereocenters. The molecule has 0 fully saturated rings. The zero-order chi connectivity index (χ0) is 18.8. The summed E-state index contributed by atoms with van der Waals surface area (Å²) in [5.41, 5.74) is 1.59. The van der Waals surface area contributed by atoms with Crippen LogP contribution in [-0.4, -0.2) is 42.5 Å². The van der Waals surface area contributed by atoms with E-state index in [9.17, 15) is 4.39 Å². The maximum Gasteiger partial charge on any atom is 0.226 e. The van der Waals surface area contributed by atoms with Crippen molar-refractivity contribution in [2.45, 2.75) is 26.2 Å². The molecule has 0 saturated heterocycles. The Morgan fingerprint density at radius 2 is 2.11 bits per heavy atom. The molecule has 2 rings (SSSR count). The average molecular weight is 486 g/mol. The fourth-order valence-electron chi connectivity index (χ4n) is 2.47. The second-order valence-corrected chi connectivity index (χ2v) is 5.99. The molecule has 0 unspecified atom stereocenters. The molecule has 2 aromatic rings. The molecular formula is C20H28FIN4O. The summed E-state index contributed by atoms with van der Waals surface area (Å²) in [7, 11) is 2.04. The van der Waals surface area contributed by atoms with Crippen molar-refractivity contribution in [3.8, 4) is 11.5 Å². The molecule has 7 heteroatoms. The van der Waals surface area contributed by atoms with Gasteiger partial charge in [-0.05, 0) is 44.0 Å². The van der Waals surface area contributed by atoms with Crippen LogP contribution in [0.15, 0.2) is 52.6 Å². The number of benzene rings is 1. The first-order chi connectivity index (χ1) is 12.6. The van der Waals surface area contributed by atoms with Crippen LogP contribution >= 0.6 is 24.0 Å². The lowest BCUT2D eigenvalue weighted by Gasteiger charge is -2.21. The average Bonchev–Trinajstić information content (AvgIpc) is 3.10. The number of aliphatic imine (C=N–C) groups is 1. The number of aromatic nitrogens is 1. The van der Waals surface area contributed by atoms with Gasteiger partial charge in [-0.25, -0.2) is 9.37 Å². The van der Waals surface area contributed by atoms with Crippen molar-refractivity contribution >= 4 is 29.9 Å². The van der Waals surface area contributed by atoms with Gasteiger partial charge in [0.25, 0.3) is 0 Å². The molecule has 0 amide bonds. The van der Waals surface area contributed by atoms with Crippen LogP contribution in [0.1, 0.15) is 25.5 Å². The molecule has 0 aliphatic rings. The van der Waals surface area contributed by atoms with Gasteiger partial charge in [-0.3, -0.25) is 4.99 Å². The van der Waals surface area contributed by atoms with E-state index in [1.54, 1.807) is 18.4 Å². The van der Waals surface area contributed by atoms with Crippen molar-refractivity contribution in [2.75, 3.05) is 26.7 Å². The number of halogens is 2. The van der Waals surface area contributed by atoms with Crippen molar-refractivity contribution in [2.24, 2.45) is 4.99 Å². The third kappa shape index (κ3) is 7.70. The minimum atomic E-state index is -0.275. The topological polar surface area (TPSA) is 53.7 Å². The highest BCUT2D eigenvalue weighted by Crippen LogP contribution is 2.19. The summed E-state index contributed by atoms with van der Waals surface area (Å²) in [6.07, 6.45) is 6.29. The van der Waals surface area contributed by atoms with Crippen LogP contribution in [0.3, 0.4) is 0 Å². The Kier molecular flexibility index (Phi) is 10.7. The third-order valence-electron chi connectivity index (χ3n) is 3.87. The van der Waals surface area contributed by atoms with E-state index in [0.29, 0.717) is 18.9 Å². The van der Waals surface area contributed by atoms with Crippen molar-refractivity contribution < 1.29 is 8.81 Å². The molecule has 0 saturated carbocycles. The highest BCUT2D eigenvalue weighted by Gasteiger charge is 2.08. The van der Waals surface area contributed by atoms with Crippen LogP contribution in [0.25, 0.3) is 11.5 Å². The number of allylic oxidation sites excluding steroid dienone is 1. The number of nitrogens with zero attached hydrogens (tertiary/aromatic N) is 3. The van der Waals surface area contributed by atoms with Crippen molar-refractivity contribution in [1.82, 2.24) is 15.2 Å². The lowest BCUT2D eigenvalue weighted by Crippen LogP contribution is -2.39. The largest absolute Gasteiger partial charge is 0.444 e. The number of rotatable bonds is 9.